The first-order valence-corrected chi connectivity index (χ1v) is 8.27. The van der Waals surface area contributed by atoms with Gasteiger partial charge in [0.1, 0.15) is 0 Å². The lowest BCUT2D eigenvalue weighted by Gasteiger charge is -2.18. The SMILES string of the molecule is CCCCCC(N)c1cc(OCC)c(OCC)cc1Br. The minimum atomic E-state index is 0.0332. The molecular formula is C16H26BrNO2. The van der Waals surface area contributed by atoms with Gasteiger partial charge in [0, 0.05) is 10.5 Å². The van der Waals surface area contributed by atoms with Gasteiger partial charge < -0.3 is 15.2 Å². The highest BCUT2D eigenvalue weighted by atomic mass is 79.9. The Kier molecular flexibility index (Phi) is 8.00. The number of hydrogen-bond acceptors (Lipinski definition) is 3. The molecular weight excluding hydrogens is 318 g/mol. The van der Waals surface area contributed by atoms with Gasteiger partial charge in [0.2, 0.25) is 0 Å². The summed E-state index contributed by atoms with van der Waals surface area (Å²) in [7, 11) is 0. The van der Waals surface area contributed by atoms with Crippen LogP contribution in [0.4, 0.5) is 0 Å². The van der Waals surface area contributed by atoms with Crippen LogP contribution in [0.5, 0.6) is 11.5 Å². The number of benzene rings is 1. The van der Waals surface area contributed by atoms with Gasteiger partial charge in [-0.05, 0) is 38.0 Å². The molecule has 0 aliphatic carbocycles. The fourth-order valence-electron chi connectivity index (χ4n) is 2.14. The van der Waals surface area contributed by atoms with Crippen molar-refractivity contribution in [3.8, 4) is 11.5 Å². The molecule has 0 amide bonds. The molecule has 0 heterocycles. The summed E-state index contributed by atoms with van der Waals surface area (Å²) in [5.41, 5.74) is 7.39. The van der Waals surface area contributed by atoms with E-state index in [-0.39, 0.29) is 6.04 Å². The van der Waals surface area contributed by atoms with Crippen molar-refractivity contribution in [1.29, 1.82) is 0 Å². The first kappa shape index (κ1) is 17.3. The molecule has 0 aliphatic heterocycles. The van der Waals surface area contributed by atoms with Gasteiger partial charge in [-0.1, -0.05) is 42.1 Å². The van der Waals surface area contributed by atoms with Crippen LogP contribution in [-0.2, 0) is 0 Å². The molecule has 114 valence electrons. The molecule has 0 saturated heterocycles. The van der Waals surface area contributed by atoms with Crippen molar-refractivity contribution in [3.63, 3.8) is 0 Å². The third-order valence-corrected chi connectivity index (χ3v) is 3.87. The normalized spacial score (nSPS) is 12.2. The van der Waals surface area contributed by atoms with Crippen LogP contribution in [0.15, 0.2) is 16.6 Å². The molecule has 0 bridgehead atoms. The van der Waals surface area contributed by atoms with Crippen molar-refractivity contribution in [3.05, 3.63) is 22.2 Å². The fraction of sp³-hybridized carbons (Fsp3) is 0.625. The van der Waals surface area contributed by atoms with E-state index in [1.54, 1.807) is 0 Å². The Balaban J connectivity index is 2.92. The Morgan fingerprint density at radius 1 is 1.05 bits per heavy atom. The standard InChI is InChI=1S/C16H26BrNO2/c1-4-7-8-9-14(18)12-10-15(19-5-2)16(20-6-3)11-13(12)17/h10-11,14H,4-9,18H2,1-3H3. The van der Waals surface area contributed by atoms with Crippen LogP contribution in [-0.4, -0.2) is 13.2 Å². The summed E-state index contributed by atoms with van der Waals surface area (Å²) in [4.78, 5) is 0. The smallest absolute Gasteiger partial charge is 0.162 e. The summed E-state index contributed by atoms with van der Waals surface area (Å²) in [6.45, 7) is 7.37. The van der Waals surface area contributed by atoms with E-state index in [9.17, 15) is 0 Å². The molecule has 0 aromatic heterocycles. The van der Waals surface area contributed by atoms with Crippen LogP contribution < -0.4 is 15.2 Å². The van der Waals surface area contributed by atoms with Gasteiger partial charge in [-0.3, -0.25) is 0 Å². The molecule has 1 rings (SSSR count). The maximum Gasteiger partial charge on any atom is 0.162 e. The molecule has 0 radical (unpaired) electrons. The summed E-state index contributed by atoms with van der Waals surface area (Å²) in [6.07, 6.45) is 4.58. The Hall–Kier alpha value is -0.740. The maximum absolute atomic E-state index is 6.30. The summed E-state index contributed by atoms with van der Waals surface area (Å²) >= 11 is 3.60. The van der Waals surface area contributed by atoms with Crippen molar-refractivity contribution in [2.45, 2.75) is 52.5 Å². The summed E-state index contributed by atoms with van der Waals surface area (Å²) < 4.78 is 12.3. The van der Waals surface area contributed by atoms with Gasteiger partial charge in [-0.2, -0.15) is 0 Å². The highest BCUT2D eigenvalue weighted by Gasteiger charge is 2.15. The second-order valence-corrected chi connectivity index (χ2v) is 5.64. The van der Waals surface area contributed by atoms with E-state index < -0.39 is 0 Å². The van der Waals surface area contributed by atoms with Crippen LogP contribution in [0.3, 0.4) is 0 Å². The highest BCUT2D eigenvalue weighted by molar-refractivity contribution is 9.10. The van der Waals surface area contributed by atoms with E-state index >= 15 is 0 Å². The Morgan fingerprint density at radius 2 is 1.65 bits per heavy atom. The Morgan fingerprint density at radius 3 is 2.20 bits per heavy atom. The Labute approximate surface area is 131 Å². The van der Waals surface area contributed by atoms with Crippen molar-refractivity contribution in [2.75, 3.05) is 13.2 Å². The molecule has 0 fully saturated rings. The van der Waals surface area contributed by atoms with Crippen molar-refractivity contribution >= 4 is 15.9 Å². The number of hydrogen-bond donors (Lipinski definition) is 1. The molecule has 0 saturated carbocycles. The van der Waals surface area contributed by atoms with Crippen LogP contribution in [0.1, 0.15) is 58.1 Å². The minimum Gasteiger partial charge on any atom is -0.490 e. The molecule has 4 heteroatoms. The predicted octanol–water partition coefficient (Wildman–Crippen LogP) is 4.83. The van der Waals surface area contributed by atoms with Crippen molar-refractivity contribution < 1.29 is 9.47 Å². The number of ether oxygens (including phenoxy) is 2. The molecule has 3 nitrogen and oxygen atoms in total. The summed E-state index contributed by atoms with van der Waals surface area (Å²) in [5.74, 6) is 1.55. The maximum atomic E-state index is 6.30. The van der Waals surface area contributed by atoms with Crippen LogP contribution in [0.25, 0.3) is 0 Å². The van der Waals surface area contributed by atoms with E-state index in [1.807, 2.05) is 26.0 Å². The van der Waals surface area contributed by atoms with Crippen molar-refractivity contribution in [2.24, 2.45) is 5.73 Å². The number of halogens is 1. The molecule has 1 aromatic carbocycles. The van der Waals surface area contributed by atoms with E-state index in [2.05, 4.69) is 22.9 Å². The summed E-state index contributed by atoms with van der Waals surface area (Å²) in [5, 5.41) is 0. The van der Waals surface area contributed by atoms with E-state index in [0.29, 0.717) is 13.2 Å². The Bertz CT molecular complexity index is 410. The summed E-state index contributed by atoms with van der Waals surface area (Å²) in [6, 6.07) is 4.00. The lowest BCUT2D eigenvalue weighted by Crippen LogP contribution is -2.11. The lowest BCUT2D eigenvalue weighted by molar-refractivity contribution is 0.287. The zero-order chi connectivity index (χ0) is 15.0. The quantitative estimate of drug-likeness (QED) is 0.653. The lowest BCUT2D eigenvalue weighted by atomic mass is 10.0. The molecule has 0 aliphatic rings. The predicted molar refractivity (Wildman–Crippen MR) is 87.6 cm³/mol. The molecule has 0 spiro atoms. The van der Waals surface area contributed by atoms with E-state index in [4.69, 9.17) is 15.2 Å². The van der Waals surface area contributed by atoms with Gasteiger partial charge in [-0.15, -0.1) is 0 Å². The van der Waals surface area contributed by atoms with Gasteiger partial charge in [0.05, 0.1) is 13.2 Å². The zero-order valence-corrected chi connectivity index (χ0v) is 14.3. The van der Waals surface area contributed by atoms with E-state index in [0.717, 1.165) is 34.4 Å². The average molecular weight is 344 g/mol. The molecule has 20 heavy (non-hydrogen) atoms. The van der Waals surface area contributed by atoms with Gasteiger partial charge in [-0.25, -0.2) is 0 Å². The third kappa shape index (κ3) is 4.98. The molecule has 1 aromatic rings. The zero-order valence-electron chi connectivity index (χ0n) is 12.7. The fourth-order valence-corrected chi connectivity index (χ4v) is 2.76. The van der Waals surface area contributed by atoms with Crippen LogP contribution in [0, 0.1) is 0 Å². The second-order valence-electron chi connectivity index (χ2n) is 4.79. The highest BCUT2D eigenvalue weighted by Crippen LogP contribution is 2.37. The second kappa shape index (κ2) is 9.24. The number of unbranched alkanes of at least 4 members (excludes halogenated alkanes) is 2. The first-order chi connectivity index (χ1) is 9.63. The van der Waals surface area contributed by atoms with Crippen LogP contribution in [0.2, 0.25) is 0 Å². The number of nitrogens with two attached hydrogens (primary N) is 1. The minimum absolute atomic E-state index is 0.0332. The van der Waals surface area contributed by atoms with Gasteiger partial charge >= 0.3 is 0 Å². The molecule has 1 atom stereocenters. The van der Waals surface area contributed by atoms with Gasteiger partial charge in [0.15, 0.2) is 11.5 Å². The monoisotopic (exact) mass is 343 g/mol. The molecule has 2 N–H and O–H groups in total. The largest absolute Gasteiger partial charge is 0.490 e. The van der Waals surface area contributed by atoms with Crippen molar-refractivity contribution in [1.82, 2.24) is 0 Å². The number of rotatable bonds is 9. The van der Waals surface area contributed by atoms with Crippen LogP contribution >= 0.6 is 15.9 Å². The average Bonchev–Trinajstić information content (AvgIpc) is 2.42. The molecule has 1 unspecified atom stereocenters. The first-order valence-electron chi connectivity index (χ1n) is 7.48. The van der Waals surface area contributed by atoms with Gasteiger partial charge in [0.25, 0.3) is 0 Å². The van der Waals surface area contributed by atoms with E-state index in [1.165, 1.54) is 12.8 Å². The third-order valence-electron chi connectivity index (χ3n) is 3.18. The topological polar surface area (TPSA) is 44.5 Å².